The van der Waals surface area contributed by atoms with Crippen molar-refractivity contribution in [2.45, 2.75) is 64.5 Å². The van der Waals surface area contributed by atoms with Crippen molar-refractivity contribution >= 4 is 5.97 Å². The van der Waals surface area contributed by atoms with Crippen LogP contribution in [-0.2, 0) is 14.3 Å². The number of halogens is 5. The Hall–Kier alpha value is -0.960. The zero-order chi connectivity index (χ0) is 18.5. The van der Waals surface area contributed by atoms with Gasteiger partial charge in [-0.2, -0.15) is 22.0 Å². The second kappa shape index (κ2) is 5.54. The van der Waals surface area contributed by atoms with Crippen LogP contribution >= 0.6 is 0 Å². The van der Waals surface area contributed by atoms with Crippen molar-refractivity contribution in [2.75, 3.05) is 6.61 Å². The molecule has 1 heterocycles. The number of alkyl halides is 5. The van der Waals surface area contributed by atoms with Gasteiger partial charge >= 0.3 is 23.9 Å². The van der Waals surface area contributed by atoms with Gasteiger partial charge in [-0.15, -0.1) is 0 Å². The summed E-state index contributed by atoms with van der Waals surface area (Å²) in [5.41, 5.74) is -4.58. The van der Waals surface area contributed by atoms with E-state index < -0.39 is 47.4 Å². The van der Waals surface area contributed by atoms with Gasteiger partial charge in [0, 0.05) is 5.41 Å². The molecule has 0 bridgehead atoms. The summed E-state index contributed by atoms with van der Waals surface area (Å²) in [7, 11) is 0. The molecule has 9 heteroatoms. The fraction of sp³-hybridized carbons (Fsp3) is 0.929. The average molecular weight is 348 g/mol. The summed E-state index contributed by atoms with van der Waals surface area (Å²) >= 11 is 0. The van der Waals surface area contributed by atoms with Crippen LogP contribution in [0.2, 0.25) is 0 Å². The normalized spacial score (nSPS) is 32.7. The molecular formula is C14H21F5O4. The number of hydrogen-bond acceptors (Lipinski definition) is 4. The lowest BCUT2D eigenvalue weighted by atomic mass is 9.71. The highest BCUT2D eigenvalue weighted by Crippen LogP contribution is 2.60. The summed E-state index contributed by atoms with van der Waals surface area (Å²) in [5, 5.41) is 9.47. The largest absolute Gasteiger partial charge is 0.449 e. The van der Waals surface area contributed by atoms with Crippen molar-refractivity contribution in [3.8, 4) is 0 Å². The van der Waals surface area contributed by atoms with E-state index in [0.717, 1.165) is 0 Å². The van der Waals surface area contributed by atoms with Gasteiger partial charge in [0.15, 0.2) is 0 Å². The van der Waals surface area contributed by atoms with Crippen LogP contribution in [0.15, 0.2) is 0 Å². The molecule has 0 spiro atoms. The Morgan fingerprint density at radius 2 is 1.78 bits per heavy atom. The molecule has 0 aromatic carbocycles. The molecule has 0 aliphatic carbocycles. The van der Waals surface area contributed by atoms with Gasteiger partial charge in [0.1, 0.15) is 0 Å². The third kappa shape index (κ3) is 2.71. The maximum atomic E-state index is 14.7. The topological polar surface area (TPSA) is 55.8 Å². The molecule has 3 atom stereocenters. The van der Waals surface area contributed by atoms with E-state index in [2.05, 4.69) is 4.74 Å². The summed E-state index contributed by atoms with van der Waals surface area (Å²) in [6, 6.07) is 0. The molecule has 1 aliphatic heterocycles. The SMILES string of the molecule is CCC(C)C(=O)OC1(C(C)(C)C)COC(O)(C(F)(F)F)C1(F)F. The fourth-order valence-corrected chi connectivity index (χ4v) is 2.29. The molecule has 1 rings (SSSR count). The lowest BCUT2D eigenvalue weighted by Gasteiger charge is -2.45. The molecule has 1 saturated heterocycles. The molecule has 0 aromatic heterocycles. The van der Waals surface area contributed by atoms with Gasteiger partial charge in [-0.05, 0) is 6.42 Å². The number of carbonyl (C=O) groups is 1. The summed E-state index contributed by atoms with van der Waals surface area (Å²) < 4.78 is 77.1. The van der Waals surface area contributed by atoms with Crippen LogP contribution in [0.4, 0.5) is 22.0 Å². The quantitative estimate of drug-likeness (QED) is 0.628. The monoisotopic (exact) mass is 348 g/mol. The molecule has 1 aliphatic rings. The third-order valence-electron chi connectivity index (χ3n) is 4.30. The van der Waals surface area contributed by atoms with E-state index in [0.29, 0.717) is 0 Å². The molecule has 136 valence electrons. The first-order chi connectivity index (χ1) is 10.1. The lowest BCUT2D eigenvalue weighted by Crippen LogP contribution is -2.68. The first kappa shape index (κ1) is 20.1. The van der Waals surface area contributed by atoms with E-state index in [4.69, 9.17) is 4.74 Å². The predicted octanol–water partition coefficient (Wildman–Crippen LogP) is 3.28. The smallest absolute Gasteiger partial charge is 0.449 e. The molecule has 1 fully saturated rings. The van der Waals surface area contributed by atoms with Crippen molar-refractivity contribution in [3.05, 3.63) is 0 Å². The highest BCUT2D eigenvalue weighted by Gasteiger charge is 2.86. The van der Waals surface area contributed by atoms with Gasteiger partial charge < -0.3 is 14.6 Å². The van der Waals surface area contributed by atoms with Crippen molar-refractivity contribution in [2.24, 2.45) is 11.3 Å². The Kier molecular flexibility index (Phi) is 4.84. The van der Waals surface area contributed by atoms with E-state index in [1.54, 1.807) is 6.92 Å². The Balaban J connectivity index is 3.43. The summed E-state index contributed by atoms with van der Waals surface area (Å²) in [6.45, 7) is 5.30. The highest BCUT2D eigenvalue weighted by molar-refractivity contribution is 5.72. The van der Waals surface area contributed by atoms with E-state index in [-0.39, 0.29) is 6.42 Å². The Morgan fingerprint density at radius 3 is 2.09 bits per heavy atom. The second-order valence-corrected chi connectivity index (χ2v) is 6.81. The summed E-state index contributed by atoms with van der Waals surface area (Å²) in [5.74, 6) is -11.5. The van der Waals surface area contributed by atoms with Crippen LogP contribution in [0.25, 0.3) is 0 Å². The number of aliphatic hydroxyl groups is 1. The number of ether oxygens (including phenoxy) is 2. The average Bonchev–Trinajstić information content (AvgIpc) is 2.58. The molecule has 0 aromatic rings. The van der Waals surface area contributed by atoms with Crippen LogP contribution < -0.4 is 0 Å². The second-order valence-electron chi connectivity index (χ2n) is 6.81. The van der Waals surface area contributed by atoms with Gasteiger partial charge in [0.05, 0.1) is 12.5 Å². The molecule has 23 heavy (non-hydrogen) atoms. The zero-order valence-electron chi connectivity index (χ0n) is 13.6. The Bertz CT molecular complexity index is 471. The molecule has 1 N–H and O–H groups in total. The first-order valence-electron chi connectivity index (χ1n) is 7.11. The van der Waals surface area contributed by atoms with E-state index in [9.17, 15) is 31.9 Å². The van der Waals surface area contributed by atoms with Gasteiger partial charge in [0.2, 0.25) is 5.60 Å². The van der Waals surface area contributed by atoms with Crippen molar-refractivity contribution in [1.29, 1.82) is 0 Å². The standard InChI is InChI=1S/C14H21F5O4/c1-6-8(2)9(20)23-11(10(3,4)5)7-22-13(21,12(11,15)16)14(17,18)19/h8,21H,6-7H2,1-5H3. The minimum absolute atomic E-state index is 0.259. The number of carbonyl (C=O) groups excluding carboxylic acids is 1. The van der Waals surface area contributed by atoms with Crippen LogP contribution in [0, 0.1) is 11.3 Å². The van der Waals surface area contributed by atoms with Crippen molar-refractivity contribution < 1.29 is 41.3 Å². The zero-order valence-corrected chi connectivity index (χ0v) is 13.6. The predicted molar refractivity (Wildman–Crippen MR) is 69.6 cm³/mol. The summed E-state index contributed by atoms with van der Waals surface area (Å²) in [6.07, 6.45) is -5.50. The lowest BCUT2D eigenvalue weighted by molar-refractivity contribution is -0.413. The molecule has 0 radical (unpaired) electrons. The van der Waals surface area contributed by atoms with E-state index in [1.807, 2.05) is 0 Å². The number of rotatable bonds is 3. The molecule has 4 nitrogen and oxygen atoms in total. The maximum Gasteiger partial charge on any atom is 0.449 e. The molecule has 3 unspecified atom stereocenters. The number of hydrogen-bond donors (Lipinski definition) is 1. The van der Waals surface area contributed by atoms with Crippen LogP contribution in [0.3, 0.4) is 0 Å². The highest BCUT2D eigenvalue weighted by atomic mass is 19.4. The molecule has 0 amide bonds. The first-order valence-corrected chi connectivity index (χ1v) is 7.11. The fourth-order valence-electron chi connectivity index (χ4n) is 2.29. The van der Waals surface area contributed by atoms with Gasteiger partial charge in [-0.3, -0.25) is 4.79 Å². The molecule has 0 saturated carbocycles. The van der Waals surface area contributed by atoms with Crippen molar-refractivity contribution in [1.82, 2.24) is 0 Å². The number of esters is 1. The Morgan fingerprint density at radius 1 is 1.30 bits per heavy atom. The summed E-state index contributed by atoms with van der Waals surface area (Å²) in [4.78, 5) is 12.0. The van der Waals surface area contributed by atoms with Crippen LogP contribution in [-0.4, -0.2) is 41.2 Å². The van der Waals surface area contributed by atoms with E-state index in [1.165, 1.54) is 27.7 Å². The minimum atomic E-state index is -5.76. The minimum Gasteiger partial charge on any atom is -0.449 e. The van der Waals surface area contributed by atoms with Crippen LogP contribution in [0.1, 0.15) is 41.0 Å². The third-order valence-corrected chi connectivity index (χ3v) is 4.30. The van der Waals surface area contributed by atoms with Gasteiger partial charge in [-0.25, -0.2) is 0 Å². The maximum absolute atomic E-state index is 14.7. The van der Waals surface area contributed by atoms with E-state index >= 15 is 0 Å². The van der Waals surface area contributed by atoms with Crippen LogP contribution in [0.5, 0.6) is 0 Å². The Labute approximate surface area is 130 Å². The van der Waals surface area contributed by atoms with Gasteiger partial charge in [-0.1, -0.05) is 34.6 Å². The molecular weight excluding hydrogens is 327 g/mol. The van der Waals surface area contributed by atoms with Crippen molar-refractivity contribution in [3.63, 3.8) is 0 Å². The van der Waals surface area contributed by atoms with Gasteiger partial charge in [0.25, 0.3) is 0 Å².